The van der Waals surface area contributed by atoms with Crippen LogP contribution in [0.4, 0.5) is 13.6 Å². The van der Waals surface area contributed by atoms with E-state index in [-0.39, 0.29) is 13.0 Å². The molecule has 0 heterocycles. The van der Waals surface area contributed by atoms with E-state index in [1.807, 2.05) is 0 Å². The molecule has 0 aliphatic rings. The van der Waals surface area contributed by atoms with Crippen LogP contribution < -0.4 is 0 Å². The second-order valence-corrected chi connectivity index (χ2v) is 7.18. The summed E-state index contributed by atoms with van der Waals surface area (Å²) in [5, 5.41) is 8.79. The second kappa shape index (κ2) is 13.9. The smallest absolute Gasteiger partial charge is 0.477 e. The summed E-state index contributed by atoms with van der Waals surface area (Å²) >= 11 is 0. The fraction of sp³-hybridized carbons (Fsp3) is 0.636. The number of hydrogen-bond acceptors (Lipinski definition) is 4. The standard InChI is InChI=1S/C22H32F2O5/c1-2-3-4-5-6-7-8-9-13-16-19(22(23,24)20(25)26)29-21(27)28-17-18-14-11-10-12-15-18/h10-12,14-15,19H,2-9,13,16-17H2,1H3,(H,25,26)/t19-/m1/s1. The lowest BCUT2D eigenvalue weighted by molar-refractivity contribution is -0.185. The van der Waals surface area contributed by atoms with Gasteiger partial charge in [0.15, 0.2) is 6.10 Å². The number of halogens is 2. The van der Waals surface area contributed by atoms with Crippen molar-refractivity contribution >= 4 is 12.1 Å². The maximum Gasteiger partial charge on any atom is 0.509 e. The number of alkyl halides is 2. The molecule has 164 valence electrons. The SMILES string of the molecule is CCCCCCCCCCC[C@@H](OC(=O)OCc1ccccc1)C(F)(F)C(=O)O. The molecule has 1 N–H and O–H groups in total. The number of carboxylic acids is 1. The molecule has 0 saturated carbocycles. The Hall–Kier alpha value is -2.18. The van der Waals surface area contributed by atoms with E-state index in [9.17, 15) is 18.4 Å². The Kier molecular flexibility index (Phi) is 11.9. The van der Waals surface area contributed by atoms with E-state index >= 15 is 0 Å². The fourth-order valence-electron chi connectivity index (χ4n) is 2.96. The summed E-state index contributed by atoms with van der Waals surface area (Å²) in [5.74, 6) is -6.47. The van der Waals surface area contributed by atoms with Crippen LogP contribution in [0.1, 0.15) is 76.7 Å². The summed E-state index contributed by atoms with van der Waals surface area (Å²) in [6, 6.07) is 8.69. The highest BCUT2D eigenvalue weighted by atomic mass is 19.3. The zero-order valence-electron chi connectivity index (χ0n) is 17.1. The third-order valence-electron chi connectivity index (χ3n) is 4.70. The average Bonchev–Trinajstić information content (AvgIpc) is 2.70. The largest absolute Gasteiger partial charge is 0.509 e. The quantitative estimate of drug-likeness (QED) is 0.267. The summed E-state index contributed by atoms with van der Waals surface area (Å²) in [6.45, 7) is 2.02. The predicted molar refractivity (Wildman–Crippen MR) is 106 cm³/mol. The molecular weight excluding hydrogens is 382 g/mol. The Morgan fingerprint density at radius 3 is 2.07 bits per heavy atom. The molecule has 0 spiro atoms. The molecule has 0 unspecified atom stereocenters. The molecule has 1 rings (SSSR count). The zero-order chi connectivity index (χ0) is 21.5. The first-order valence-electron chi connectivity index (χ1n) is 10.4. The predicted octanol–water partition coefficient (Wildman–Crippen LogP) is 6.35. The van der Waals surface area contributed by atoms with Crippen LogP contribution in [0.3, 0.4) is 0 Å². The van der Waals surface area contributed by atoms with Gasteiger partial charge >= 0.3 is 18.0 Å². The fourth-order valence-corrected chi connectivity index (χ4v) is 2.96. The van der Waals surface area contributed by atoms with Crippen molar-refractivity contribution in [1.82, 2.24) is 0 Å². The lowest BCUT2D eigenvalue weighted by Crippen LogP contribution is -2.44. The summed E-state index contributed by atoms with van der Waals surface area (Å²) in [4.78, 5) is 22.7. The summed E-state index contributed by atoms with van der Waals surface area (Å²) in [7, 11) is 0. The molecule has 29 heavy (non-hydrogen) atoms. The Bertz CT molecular complexity index is 592. The number of aliphatic carboxylic acids is 1. The number of carbonyl (C=O) groups is 2. The van der Waals surface area contributed by atoms with Gasteiger partial charge in [-0.1, -0.05) is 88.6 Å². The summed E-state index contributed by atoms with van der Waals surface area (Å²) in [5.41, 5.74) is 0.671. The van der Waals surface area contributed by atoms with Gasteiger partial charge in [-0.3, -0.25) is 0 Å². The molecule has 0 fully saturated rings. The lowest BCUT2D eigenvalue weighted by atomic mass is 10.0. The molecule has 1 aromatic rings. The average molecular weight is 414 g/mol. The van der Waals surface area contributed by atoms with Crippen LogP contribution in [0.5, 0.6) is 0 Å². The van der Waals surface area contributed by atoms with E-state index < -0.39 is 24.2 Å². The Morgan fingerprint density at radius 1 is 0.966 bits per heavy atom. The molecule has 0 aliphatic heterocycles. The minimum absolute atomic E-state index is 0.136. The number of rotatable bonds is 15. The minimum Gasteiger partial charge on any atom is -0.477 e. The van der Waals surface area contributed by atoms with E-state index in [4.69, 9.17) is 9.84 Å². The van der Waals surface area contributed by atoms with Crippen LogP contribution in [0.15, 0.2) is 30.3 Å². The summed E-state index contributed by atoms with van der Waals surface area (Å²) < 4.78 is 37.4. The molecule has 0 amide bonds. The molecule has 0 aromatic heterocycles. The second-order valence-electron chi connectivity index (χ2n) is 7.18. The van der Waals surface area contributed by atoms with Gasteiger partial charge in [-0.05, 0) is 18.4 Å². The topological polar surface area (TPSA) is 72.8 Å². The zero-order valence-corrected chi connectivity index (χ0v) is 17.1. The van der Waals surface area contributed by atoms with Crippen LogP contribution >= 0.6 is 0 Å². The van der Waals surface area contributed by atoms with Gasteiger partial charge in [0.1, 0.15) is 6.61 Å². The van der Waals surface area contributed by atoms with Crippen LogP contribution in [-0.4, -0.2) is 29.3 Å². The summed E-state index contributed by atoms with van der Waals surface area (Å²) in [6.07, 6.45) is 5.27. The van der Waals surface area contributed by atoms with Gasteiger partial charge in [-0.2, -0.15) is 8.78 Å². The highest BCUT2D eigenvalue weighted by Crippen LogP contribution is 2.27. The number of carboxylic acid groups (broad SMARTS) is 1. The van der Waals surface area contributed by atoms with Crippen molar-refractivity contribution in [3.63, 3.8) is 0 Å². The molecule has 7 heteroatoms. The number of unbranched alkanes of at least 4 members (excludes halogenated alkanes) is 8. The van der Waals surface area contributed by atoms with Gasteiger partial charge in [0.25, 0.3) is 0 Å². The Labute approximate surface area is 171 Å². The van der Waals surface area contributed by atoms with Crippen molar-refractivity contribution in [2.24, 2.45) is 0 Å². The van der Waals surface area contributed by atoms with Crippen LogP contribution in [0.25, 0.3) is 0 Å². The van der Waals surface area contributed by atoms with E-state index in [1.165, 1.54) is 25.7 Å². The monoisotopic (exact) mass is 414 g/mol. The molecule has 0 radical (unpaired) electrons. The van der Waals surface area contributed by atoms with Crippen molar-refractivity contribution in [2.75, 3.05) is 0 Å². The van der Waals surface area contributed by atoms with Gasteiger partial charge in [0, 0.05) is 0 Å². The lowest BCUT2D eigenvalue weighted by Gasteiger charge is -2.23. The molecular formula is C22H32F2O5. The molecule has 0 saturated heterocycles. The van der Waals surface area contributed by atoms with Gasteiger partial charge in [0.05, 0.1) is 0 Å². The van der Waals surface area contributed by atoms with Crippen molar-refractivity contribution in [3.05, 3.63) is 35.9 Å². The van der Waals surface area contributed by atoms with Gasteiger partial charge in [-0.15, -0.1) is 0 Å². The van der Waals surface area contributed by atoms with Crippen LogP contribution in [0.2, 0.25) is 0 Å². The van der Waals surface area contributed by atoms with Gasteiger partial charge in [-0.25, -0.2) is 9.59 Å². The minimum atomic E-state index is -4.16. The van der Waals surface area contributed by atoms with Crippen LogP contribution in [-0.2, 0) is 20.9 Å². The normalized spacial score (nSPS) is 12.4. The third-order valence-corrected chi connectivity index (χ3v) is 4.70. The van der Waals surface area contributed by atoms with Crippen molar-refractivity contribution in [1.29, 1.82) is 0 Å². The number of ether oxygens (including phenoxy) is 2. The van der Waals surface area contributed by atoms with Crippen molar-refractivity contribution < 1.29 is 33.0 Å². The number of benzene rings is 1. The number of carbonyl (C=O) groups excluding carboxylic acids is 1. The number of hydrogen-bond donors (Lipinski definition) is 1. The molecule has 5 nitrogen and oxygen atoms in total. The van der Waals surface area contributed by atoms with Crippen molar-refractivity contribution in [2.45, 2.75) is 89.8 Å². The maximum absolute atomic E-state index is 14.0. The van der Waals surface area contributed by atoms with Gasteiger partial charge in [0.2, 0.25) is 0 Å². The third kappa shape index (κ3) is 10.2. The first kappa shape index (κ1) is 24.9. The maximum atomic E-state index is 14.0. The first-order chi connectivity index (χ1) is 13.9. The van der Waals surface area contributed by atoms with E-state index in [0.717, 1.165) is 19.3 Å². The van der Waals surface area contributed by atoms with E-state index in [0.29, 0.717) is 18.4 Å². The Balaban J connectivity index is 2.40. The van der Waals surface area contributed by atoms with Gasteiger partial charge < -0.3 is 14.6 Å². The molecule has 1 aromatic carbocycles. The van der Waals surface area contributed by atoms with Crippen LogP contribution in [0, 0.1) is 0 Å². The van der Waals surface area contributed by atoms with E-state index in [2.05, 4.69) is 11.7 Å². The van der Waals surface area contributed by atoms with E-state index in [1.54, 1.807) is 30.3 Å². The molecule has 1 atom stereocenters. The Morgan fingerprint density at radius 2 is 1.52 bits per heavy atom. The first-order valence-corrected chi connectivity index (χ1v) is 10.4. The highest BCUT2D eigenvalue weighted by Gasteiger charge is 2.50. The highest BCUT2D eigenvalue weighted by molar-refractivity contribution is 5.76. The molecule has 0 aliphatic carbocycles. The van der Waals surface area contributed by atoms with Crippen molar-refractivity contribution in [3.8, 4) is 0 Å². The molecule has 0 bridgehead atoms.